The van der Waals surface area contributed by atoms with E-state index in [4.69, 9.17) is 0 Å². The molecule has 118 valence electrons. The summed E-state index contributed by atoms with van der Waals surface area (Å²) < 4.78 is 1.36. The van der Waals surface area contributed by atoms with Gasteiger partial charge >= 0.3 is 6.03 Å². The minimum atomic E-state index is -0.296. The van der Waals surface area contributed by atoms with E-state index in [2.05, 4.69) is 15.7 Å². The standard InChI is InChI=1S/C15H14N4O2S2/c20-14-6-5-11(12-3-1-9-22-12)18-19(14)8-7-16-15(21)17-13-4-2-10-23-13/h1-6,9-10H,7-8H2,(H2,16,17,21). The number of nitrogens with zero attached hydrogens (tertiary/aromatic N) is 2. The van der Waals surface area contributed by atoms with Gasteiger partial charge in [-0.25, -0.2) is 9.48 Å². The summed E-state index contributed by atoms with van der Waals surface area (Å²) in [4.78, 5) is 24.6. The summed E-state index contributed by atoms with van der Waals surface area (Å²) >= 11 is 3.01. The topological polar surface area (TPSA) is 76.0 Å². The first-order valence-electron chi connectivity index (χ1n) is 6.93. The number of anilines is 1. The molecule has 3 aromatic rings. The van der Waals surface area contributed by atoms with Crippen molar-refractivity contribution in [2.75, 3.05) is 11.9 Å². The van der Waals surface area contributed by atoms with Gasteiger partial charge < -0.3 is 5.32 Å². The van der Waals surface area contributed by atoms with Gasteiger partial charge in [0.15, 0.2) is 0 Å². The van der Waals surface area contributed by atoms with E-state index in [-0.39, 0.29) is 11.6 Å². The van der Waals surface area contributed by atoms with Gasteiger partial charge in [0.1, 0.15) is 5.69 Å². The van der Waals surface area contributed by atoms with E-state index in [0.717, 1.165) is 15.6 Å². The smallest absolute Gasteiger partial charge is 0.319 e. The fourth-order valence-corrected chi connectivity index (χ4v) is 3.25. The van der Waals surface area contributed by atoms with E-state index < -0.39 is 0 Å². The number of amides is 2. The van der Waals surface area contributed by atoms with E-state index >= 15 is 0 Å². The Balaban J connectivity index is 1.58. The third-order valence-electron chi connectivity index (χ3n) is 3.01. The number of carbonyl (C=O) groups excluding carboxylic acids is 1. The first-order valence-corrected chi connectivity index (χ1v) is 8.69. The van der Waals surface area contributed by atoms with Crippen molar-refractivity contribution < 1.29 is 4.79 Å². The third kappa shape index (κ3) is 4.05. The summed E-state index contributed by atoms with van der Waals surface area (Å²) in [6, 6.07) is 10.5. The van der Waals surface area contributed by atoms with Crippen LogP contribution in [0.2, 0.25) is 0 Å². The molecule has 0 radical (unpaired) electrons. The van der Waals surface area contributed by atoms with E-state index in [1.54, 1.807) is 17.4 Å². The van der Waals surface area contributed by atoms with E-state index in [9.17, 15) is 9.59 Å². The zero-order chi connectivity index (χ0) is 16.1. The van der Waals surface area contributed by atoms with Crippen molar-refractivity contribution in [2.24, 2.45) is 0 Å². The highest BCUT2D eigenvalue weighted by molar-refractivity contribution is 7.14. The fourth-order valence-electron chi connectivity index (χ4n) is 1.95. The quantitative estimate of drug-likeness (QED) is 0.746. The van der Waals surface area contributed by atoms with Gasteiger partial charge in [0.25, 0.3) is 5.56 Å². The lowest BCUT2D eigenvalue weighted by Crippen LogP contribution is -2.34. The lowest BCUT2D eigenvalue weighted by Gasteiger charge is -2.08. The molecule has 3 aromatic heterocycles. The average molecular weight is 346 g/mol. The van der Waals surface area contributed by atoms with Gasteiger partial charge in [-0.05, 0) is 35.0 Å². The average Bonchev–Trinajstić information content (AvgIpc) is 3.22. The lowest BCUT2D eigenvalue weighted by atomic mass is 10.3. The molecule has 0 aliphatic carbocycles. The highest BCUT2D eigenvalue weighted by atomic mass is 32.1. The predicted molar refractivity (Wildman–Crippen MR) is 93.2 cm³/mol. The summed E-state index contributed by atoms with van der Waals surface area (Å²) in [5.74, 6) is 0. The zero-order valence-corrected chi connectivity index (χ0v) is 13.7. The molecule has 6 nitrogen and oxygen atoms in total. The number of hydrogen-bond acceptors (Lipinski definition) is 5. The van der Waals surface area contributed by atoms with Gasteiger partial charge in [0.2, 0.25) is 0 Å². The Kier molecular flexibility index (Phi) is 4.84. The van der Waals surface area contributed by atoms with Gasteiger partial charge in [-0.3, -0.25) is 10.1 Å². The molecule has 8 heteroatoms. The van der Waals surface area contributed by atoms with Crippen LogP contribution < -0.4 is 16.2 Å². The number of carbonyl (C=O) groups is 1. The number of urea groups is 1. The van der Waals surface area contributed by atoms with Crippen LogP contribution in [0.15, 0.2) is 52.0 Å². The second-order valence-corrected chi connectivity index (χ2v) is 6.51. The van der Waals surface area contributed by atoms with Gasteiger partial charge in [-0.15, -0.1) is 22.7 Å². The normalized spacial score (nSPS) is 10.4. The van der Waals surface area contributed by atoms with Crippen molar-refractivity contribution in [3.05, 3.63) is 57.5 Å². The molecule has 0 aliphatic heterocycles. The van der Waals surface area contributed by atoms with Crippen molar-refractivity contribution in [2.45, 2.75) is 6.54 Å². The molecule has 0 unspecified atom stereocenters. The van der Waals surface area contributed by atoms with Crippen molar-refractivity contribution in [3.8, 4) is 10.6 Å². The predicted octanol–water partition coefficient (Wildman–Crippen LogP) is 2.86. The second kappa shape index (κ2) is 7.21. The van der Waals surface area contributed by atoms with Gasteiger partial charge in [0.05, 0.1) is 16.4 Å². The molecular weight excluding hydrogens is 332 g/mol. The molecule has 23 heavy (non-hydrogen) atoms. The summed E-state index contributed by atoms with van der Waals surface area (Å²) in [5, 5.41) is 14.4. The second-order valence-electron chi connectivity index (χ2n) is 4.62. The minimum absolute atomic E-state index is 0.189. The molecule has 0 aromatic carbocycles. The molecule has 2 N–H and O–H groups in total. The van der Waals surface area contributed by atoms with E-state index in [0.29, 0.717) is 13.1 Å². The van der Waals surface area contributed by atoms with Crippen LogP contribution in [0.4, 0.5) is 9.80 Å². The number of aromatic nitrogens is 2. The lowest BCUT2D eigenvalue weighted by molar-refractivity contribution is 0.251. The Morgan fingerprint density at radius 1 is 1.13 bits per heavy atom. The van der Waals surface area contributed by atoms with Crippen LogP contribution in [0.25, 0.3) is 10.6 Å². The summed E-state index contributed by atoms with van der Waals surface area (Å²) in [6.45, 7) is 0.633. The highest BCUT2D eigenvalue weighted by Gasteiger charge is 2.05. The zero-order valence-electron chi connectivity index (χ0n) is 12.1. The molecule has 0 saturated heterocycles. The number of thiophene rings is 2. The van der Waals surface area contributed by atoms with Gasteiger partial charge in [-0.1, -0.05) is 6.07 Å². The molecule has 0 atom stereocenters. The third-order valence-corrected chi connectivity index (χ3v) is 4.68. The van der Waals surface area contributed by atoms with Crippen LogP contribution in [-0.2, 0) is 6.54 Å². The Morgan fingerprint density at radius 2 is 1.96 bits per heavy atom. The Hall–Kier alpha value is -2.45. The number of nitrogens with one attached hydrogen (secondary N) is 2. The van der Waals surface area contributed by atoms with Crippen molar-refractivity contribution >= 4 is 33.7 Å². The maximum atomic E-state index is 11.9. The molecular formula is C15H14N4O2S2. The van der Waals surface area contributed by atoms with Crippen LogP contribution >= 0.6 is 22.7 Å². The Bertz CT molecular complexity index is 826. The minimum Gasteiger partial charge on any atom is -0.336 e. The Labute approximate surface area is 140 Å². The van der Waals surface area contributed by atoms with Crippen LogP contribution in [0.3, 0.4) is 0 Å². The summed E-state index contributed by atoms with van der Waals surface area (Å²) in [5.41, 5.74) is 0.563. The maximum Gasteiger partial charge on any atom is 0.319 e. The maximum absolute atomic E-state index is 11.9. The molecule has 0 fully saturated rings. The number of rotatable bonds is 5. The largest absolute Gasteiger partial charge is 0.336 e. The number of hydrogen-bond donors (Lipinski definition) is 2. The van der Waals surface area contributed by atoms with Crippen LogP contribution in [-0.4, -0.2) is 22.4 Å². The molecule has 0 bridgehead atoms. The SMILES string of the molecule is O=C(NCCn1nc(-c2cccs2)ccc1=O)Nc1cccs1. The van der Waals surface area contributed by atoms with Crippen molar-refractivity contribution in [3.63, 3.8) is 0 Å². The molecule has 0 spiro atoms. The monoisotopic (exact) mass is 346 g/mol. The molecule has 3 heterocycles. The molecule has 0 saturated carbocycles. The van der Waals surface area contributed by atoms with Gasteiger partial charge in [0, 0.05) is 12.6 Å². The molecule has 2 amide bonds. The first-order chi connectivity index (χ1) is 11.2. The van der Waals surface area contributed by atoms with Crippen molar-refractivity contribution in [1.29, 1.82) is 0 Å². The highest BCUT2D eigenvalue weighted by Crippen LogP contribution is 2.21. The van der Waals surface area contributed by atoms with Gasteiger partial charge in [-0.2, -0.15) is 5.10 Å². The van der Waals surface area contributed by atoms with Crippen LogP contribution in [0.1, 0.15) is 0 Å². The molecule has 0 aliphatic rings. The molecule has 3 rings (SSSR count). The first kappa shape index (κ1) is 15.4. The van der Waals surface area contributed by atoms with Crippen LogP contribution in [0, 0.1) is 0 Å². The summed E-state index contributed by atoms with van der Waals surface area (Å²) in [6.07, 6.45) is 0. The summed E-state index contributed by atoms with van der Waals surface area (Å²) in [7, 11) is 0. The van der Waals surface area contributed by atoms with Crippen LogP contribution in [0.5, 0.6) is 0 Å². The van der Waals surface area contributed by atoms with E-state index in [1.807, 2.05) is 35.0 Å². The van der Waals surface area contributed by atoms with Crippen molar-refractivity contribution in [1.82, 2.24) is 15.1 Å². The Morgan fingerprint density at radius 3 is 2.70 bits per heavy atom. The van der Waals surface area contributed by atoms with E-state index in [1.165, 1.54) is 22.1 Å². The fraction of sp³-hybridized carbons (Fsp3) is 0.133.